The fourth-order valence-electron chi connectivity index (χ4n) is 5.86. The zero-order valence-corrected chi connectivity index (χ0v) is 28.8. The third kappa shape index (κ3) is 7.71. The van der Waals surface area contributed by atoms with Gasteiger partial charge >= 0.3 is 27.8 Å². The van der Waals surface area contributed by atoms with Crippen LogP contribution in [0.15, 0.2) is 109 Å². The Balaban J connectivity index is 1.39. The van der Waals surface area contributed by atoms with Gasteiger partial charge in [-0.2, -0.15) is 4.57 Å². The fourth-order valence-corrected chi connectivity index (χ4v) is 6.31. The number of esters is 2. The lowest BCUT2D eigenvalue weighted by Gasteiger charge is -2.16. The molecular weight excluding hydrogens is 668 g/mol. The Hall–Kier alpha value is -5.74. The van der Waals surface area contributed by atoms with Gasteiger partial charge in [-0.1, -0.05) is 60.7 Å². The molecule has 1 atom stereocenters. The van der Waals surface area contributed by atoms with Crippen molar-refractivity contribution < 1.29 is 47.2 Å². The highest BCUT2D eigenvalue weighted by atomic mass is 31.2. The molecule has 2 N–H and O–H groups in total. The second kappa shape index (κ2) is 14.6. The van der Waals surface area contributed by atoms with Crippen molar-refractivity contribution in [2.45, 2.75) is 20.5 Å². The lowest BCUT2D eigenvalue weighted by Crippen LogP contribution is -2.31. The summed E-state index contributed by atoms with van der Waals surface area (Å²) in [5.74, 6) is -0.814. The summed E-state index contributed by atoms with van der Waals surface area (Å²) in [5.41, 5.74) is 4.84. The number of para-hydroxylation sites is 1. The molecule has 0 aliphatic heterocycles. The van der Waals surface area contributed by atoms with E-state index in [4.69, 9.17) is 22.0 Å². The van der Waals surface area contributed by atoms with Gasteiger partial charge in [0.05, 0.1) is 21.9 Å². The number of phenolic OH excluding ortho intramolecular Hbond substituents is 1. The number of benzene rings is 5. The van der Waals surface area contributed by atoms with Gasteiger partial charge in [0.2, 0.25) is 11.0 Å². The predicted octanol–water partition coefficient (Wildman–Crippen LogP) is 7.43. The van der Waals surface area contributed by atoms with Gasteiger partial charge < -0.3 is 23.5 Å². The molecule has 254 valence electrons. The summed E-state index contributed by atoms with van der Waals surface area (Å²) in [6.07, 6.45) is 1.49. The molecule has 1 aromatic heterocycles. The molecule has 0 aliphatic carbocycles. The molecule has 0 bridgehead atoms. The molecular formula is C39H32BNO9P+. The molecule has 1 unspecified atom stereocenters. The van der Waals surface area contributed by atoms with E-state index in [1.807, 2.05) is 66.2 Å². The number of phosphoric acid groups is 1. The first-order valence-electron chi connectivity index (χ1n) is 15.7. The maximum atomic E-state index is 14.2. The third-order valence-corrected chi connectivity index (χ3v) is 8.99. The van der Waals surface area contributed by atoms with E-state index >= 15 is 0 Å². The van der Waals surface area contributed by atoms with Gasteiger partial charge in [0, 0.05) is 17.7 Å². The summed E-state index contributed by atoms with van der Waals surface area (Å²) in [6, 6.07) is 31.1. The minimum absolute atomic E-state index is 0.0411. The van der Waals surface area contributed by atoms with Crippen LogP contribution < -0.4 is 9.30 Å². The molecule has 0 fully saturated rings. The maximum Gasteiger partial charge on any atom is 0.511 e. The Bertz CT molecular complexity index is 2350. The molecule has 10 nitrogen and oxygen atoms in total. The summed E-state index contributed by atoms with van der Waals surface area (Å²) in [6.45, 7) is 3.63. The van der Waals surface area contributed by atoms with E-state index in [1.165, 1.54) is 18.2 Å². The normalized spacial score (nSPS) is 12.7. The van der Waals surface area contributed by atoms with Crippen molar-refractivity contribution in [1.82, 2.24) is 0 Å². The molecule has 6 aromatic rings. The van der Waals surface area contributed by atoms with Crippen LogP contribution >= 0.6 is 7.82 Å². The number of phenols is 1. The monoisotopic (exact) mass is 700 g/mol. The molecule has 5 aromatic carbocycles. The molecule has 51 heavy (non-hydrogen) atoms. The number of phosphoric ester groups is 1. The van der Waals surface area contributed by atoms with E-state index in [2.05, 4.69) is 4.44 Å². The summed E-state index contributed by atoms with van der Waals surface area (Å²) in [7, 11) is 2.17. The molecule has 2 radical (unpaired) electrons. The molecule has 0 amide bonds. The van der Waals surface area contributed by atoms with Crippen molar-refractivity contribution >= 4 is 61.5 Å². The summed E-state index contributed by atoms with van der Waals surface area (Å²) < 4.78 is 35.5. The van der Waals surface area contributed by atoms with Crippen LogP contribution in [0.25, 0.3) is 33.6 Å². The standard InChI is InChI=1S/C39H31BNO9P/c1-24-19-29(38(43)47-23-27-9-5-4-6-10-27)20-25(2)37(24)48-39(44)36-31-11-7-8-12-33(31)41(3)34-22-28(15-18-32(34)36)35(49-51(45,46)50-40)21-26-13-16-30(42)17-14-26/h4-22H,23H2,1-3H3,(H,45,46)/p+1. The quantitative estimate of drug-likeness (QED) is 0.0219. The zero-order valence-electron chi connectivity index (χ0n) is 27.9. The van der Waals surface area contributed by atoms with Crippen molar-refractivity contribution in [2.24, 2.45) is 7.05 Å². The van der Waals surface area contributed by atoms with E-state index in [9.17, 15) is 24.2 Å². The number of hydrogen-bond acceptors (Lipinski definition) is 8. The van der Waals surface area contributed by atoms with Crippen molar-refractivity contribution in [3.05, 3.63) is 148 Å². The highest BCUT2D eigenvalue weighted by Gasteiger charge is 2.28. The SMILES string of the molecule is [B]OP(=O)(O)OC(=Cc1ccc(O)cc1)c1ccc2c(C(=O)Oc3c(C)cc(C(=O)OCc4ccccc4)cc3C)c3ccccc3[n+](C)c2c1. The van der Waals surface area contributed by atoms with Gasteiger partial charge in [-0.05, 0) is 78.6 Å². The molecule has 12 heteroatoms. The molecule has 0 spiro atoms. The first kappa shape index (κ1) is 35.1. The minimum Gasteiger partial charge on any atom is -0.508 e. The highest BCUT2D eigenvalue weighted by molar-refractivity contribution is 7.48. The average molecular weight is 700 g/mol. The Morgan fingerprint density at radius 1 is 0.804 bits per heavy atom. The Kier molecular flexibility index (Phi) is 10.1. The van der Waals surface area contributed by atoms with E-state index in [1.54, 1.807) is 56.3 Å². The Morgan fingerprint density at radius 3 is 2.14 bits per heavy atom. The van der Waals surface area contributed by atoms with Crippen LogP contribution in [-0.2, 0) is 31.9 Å². The van der Waals surface area contributed by atoms with Crippen LogP contribution in [0, 0.1) is 13.8 Å². The predicted molar refractivity (Wildman–Crippen MR) is 193 cm³/mol. The highest BCUT2D eigenvalue weighted by Crippen LogP contribution is 2.47. The summed E-state index contributed by atoms with van der Waals surface area (Å²) in [4.78, 5) is 37.2. The summed E-state index contributed by atoms with van der Waals surface area (Å²) >= 11 is 0. The van der Waals surface area contributed by atoms with Gasteiger partial charge in [0.15, 0.2) is 0 Å². The van der Waals surface area contributed by atoms with Crippen LogP contribution in [0.1, 0.15) is 48.5 Å². The van der Waals surface area contributed by atoms with Crippen LogP contribution in [0.2, 0.25) is 0 Å². The number of nitrogens with zero attached hydrogens (tertiary/aromatic N) is 1. The van der Waals surface area contributed by atoms with Gasteiger partial charge in [-0.25, -0.2) is 14.2 Å². The number of carbonyl (C=O) groups is 2. The number of fused-ring (bicyclic) bond motifs is 2. The number of rotatable bonds is 10. The van der Waals surface area contributed by atoms with Crippen molar-refractivity contribution in [2.75, 3.05) is 0 Å². The van der Waals surface area contributed by atoms with Gasteiger partial charge in [0.1, 0.15) is 30.9 Å². The number of aromatic nitrogens is 1. The van der Waals surface area contributed by atoms with Crippen LogP contribution in [0.5, 0.6) is 11.5 Å². The van der Waals surface area contributed by atoms with Crippen molar-refractivity contribution in [3.8, 4) is 11.5 Å². The number of aromatic hydroxyl groups is 1. The molecule has 0 saturated heterocycles. The average Bonchev–Trinajstić information content (AvgIpc) is 3.13. The smallest absolute Gasteiger partial charge is 0.508 e. The van der Waals surface area contributed by atoms with E-state index in [0.717, 1.165) is 5.56 Å². The van der Waals surface area contributed by atoms with Crippen LogP contribution in [0.4, 0.5) is 0 Å². The number of ether oxygens (including phenoxy) is 2. The second-order valence-corrected chi connectivity index (χ2v) is 13.2. The number of aryl methyl sites for hydroxylation is 3. The number of pyridine rings is 1. The largest absolute Gasteiger partial charge is 0.511 e. The zero-order chi connectivity index (χ0) is 36.3. The topological polar surface area (TPSA) is 132 Å². The Labute approximate surface area is 295 Å². The maximum absolute atomic E-state index is 14.2. The fraction of sp³-hybridized carbons (Fsp3) is 0.103. The molecule has 1 heterocycles. The van der Waals surface area contributed by atoms with Crippen molar-refractivity contribution in [1.29, 1.82) is 0 Å². The van der Waals surface area contributed by atoms with E-state index in [-0.39, 0.29) is 18.1 Å². The van der Waals surface area contributed by atoms with Crippen LogP contribution in [0.3, 0.4) is 0 Å². The Morgan fingerprint density at radius 2 is 1.45 bits per heavy atom. The van der Waals surface area contributed by atoms with Crippen molar-refractivity contribution in [3.63, 3.8) is 0 Å². The minimum atomic E-state index is -4.70. The van der Waals surface area contributed by atoms with Crippen LogP contribution in [-0.4, -0.2) is 30.0 Å². The lowest BCUT2D eigenvalue weighted by atomic mass is 9.99. The molecule has 6 rings (SSSR count). The van der Waals surface area contributed by atoms with Gasteiger partial charge in [-0.15, -0.1) is 0 Å². The van der Waals surface area contributed by atoms with E-state index in [0.29, 0.717) is 60.9 Å². The lowest BCUT2D eigenvalue weighted by molar-refractivity contribution is -0.617. The second-order valence-electron chi connectivity index (χ2n) is 11.8. The summed E-state index contributed by atoms with van der Waals surface area (Å²) in [5, 5.41) is 10.9. The molecule has 0 saturated carbocycles. The van der Waals surface area contributed by atoms with Gasteiger partial charge in [0.25, 0.3) is 0 Å². The van der Waals surface area contributed by atoms with E-state index < -0.39 is 19.8 Å². The molecule has 0 aliphatic rings. The number of hydrogen-bond donors (Lipinski definition) is 2. The number of carbonyl (C=O) groups excluding carboxylic acids is 2. The first-order valence-corrected chi connectivity index (χ1v) is 17.2. The third-order valence-electron chi connectivity index (χ3n) is 8.29. The first-order chi connectivity index (χ1) is 24.4. The van der Waals surface area contributed by atoms with Gasteiger partial charge in [-0.3, -0.25) is 4.89 Å².